The summed E-state index contributed by atoms with van der Waals surface area (Å²) in [5.41, 5.74) is 2.66. The molecule has 1 N–H and O–H groups in total. The number of nitrogens with zero attached hydrogens (tertiary/aromatic N) is 2. The van der Waals surface area contributed by atoms with Gasteiger partial charge in [0.1, 0.15) is 12.3 Å². The second-order valence-corrected chi connectivity index (χ2v) is 5.06. The Morgan fingerprint density at radius 3 is 2.74 bits per heavy atom. The molecule has 2 heterocycles. The quantitative estimate of drug-likeness (QED) is 0.917. The first kappa shape index (κ1) is 12.4. The number of ether oxygens (including phenoxy) is 1. The van der Waals surface area contributed by atoms with Gasteiger partial charge in [0.2, 0.25) is 5.88 Å². The average molecular weight is 257 g/mol. The molecule has 100 valence electrons. The summed E-state index contributed by atoms with van der Waals surface area (Å²) in [4.78, 5) is 9.08. The predicted octanol–water partition coefficient (Wildman–Crippen LogP) is 2.46. The van der Waals surface area contributed by atoms with Gasteiger partial charge in [0.15, 0.2) is 0 Å². The molecule has 1 fully saturated rings. The van der Waals surface area contributed by atoms with Crippen molar-refractivity contribution in [2.24, 2.45) is 0 Å². The van der Waals surface area contributed by atoms with Crippen LogP contribution in [0.4, 0.5) is 0 Å². The van der Waals surface area contributed by atoms with Gasteiger partial charge in [-0.25, -0.2) is 9.97 Å². The van der Waals surface area contributed by atoms with Crippen LogP contribution in [0.5, 0.6) is 5.88 Å². The number of benzene rings is 1. The minimum absolute atomic E-state index is 0.446. The Hall–Kier alpha value is -1.68. The highest BCUT2D eigenvalue weighted by atomic mass is 16.5. The predicted molar refractivity (Wildman–Crippen MR) is 75.4 cm³/mol. The summed E-state index contributed by atoms with van der Waals surface area (Å²) in [5.74, 6) is 0.658. The zero-order chi connectivity index (χ0) is 13.1. The molecule has 1 aromatic heterocycles. The van der Waals surface area contributed by atoms with Crippen molar-refractivity contribution in [3.05, 3.63) is 30.0 Å². The summed E-state index contributed by atoms with van der Waals surface area (Å²) < 4.78 is 5.85. The lowest BCUT2D eigenvalue weighted by atomic mass is 10.1. The first-order chi connectivity index (χ1) is 9.33. The maximum Gasteiger partial charge on any atom is 0.236 e. The highest BCUT2D eigenvalue weighted by molar-refractivity contribution is 5.74. The van der Waals surface area contributed by atoms with Gasteiger partial charge in [0.25, 0.3) is 0 Å². The number of fused-ring (bicyclic) bond motifs is 1. The molecule has 0 aliphatic carbocycles. The molecule has 1 aliphatic heterocycles. The first-order valence-corrected chi connectivity index (χ1v) is 6.92. The van der Waals surface area contributed by atoms with E-state index in [4.69, 9.17) is 4.74 Å². The fraction of sp³-hybridized carbons (Fsp3) is 0.467. The zero-order valence-electron chi connectivity index (χ0n) is 11.2. The van der Waals surface area contributed by atoms with Crippen LogP contribution >= 0.6 is 0 Å². The number of hydrogen-bond acceptors (Lipinski definition) is 4. The van der Waals surface area contributed by atoms with E-state index in [9.17, 15) is 0 Å². The van der Waals surface area contributed by atoms with Gasteiger partial charge in [-0.1, -0.05) is 18.6 Å². The SMILES string of the molecule is Cc1nc2ccccc2nc1OCC1CCCCN1. The largest absolute Gasteiger partial charge is 0.475 e. The number of para-hydroxylation sites is 2. The van der Waals surface area contributed by atoms with Crippen molar-refractivity contribution in [3.8, 4) is 5.88 Å². The van der Waals surface area contributed by atoms with Crippen LogP contribution in [0.2, 0.25) is 0 Å². The van der Waals surface area contributed by atoms with E-state index in [0.29, 0.717) is 18.5 Å². The van der Waals surface area contributed by atoms with Crippen molar-refractivity contribution in [2.45, 2.75) is 32.2 Å². The van der Waals surface area contributed by atoms with E-state index in [1.807, 2.05) is 31.2 Å². The van der Waals surface area contributed by atoms with Crippen molar-refractivity contribution in [2.75, 3.05) is 13.2 Å². The van der Waals surface area contributed by atoms with Gasteiger partial charge in [-0.3, -0.25) is 0 Å². The molecule has 19 heavy (non-hydrogen) atoms. The maximum absolute atomic E-state index is 5.85. The van der Waals surface area contributed by atoms with E-state index >= 15 is 0 Å². The maximum atomic E-state index is 5.85. The average Bonchev–Trinajstić information content (AvgIpc) is 2.46. The molecule has 3 rings (SSSR count). The molecule has 4 nitrogen and oxygen atoms in total. The van der Waals surface area contributed by atoms with Gasteiger partial charge < -0.3 is 10.1 Å². The molecule has 1 atom stereocenters. The smallest absolute Gasteiger partial charge is 0.236 e. The third-order valence-electron chi connectivity index (χ3n) is 3.54. The Kier molecular flexibility index (Phi) is 3.60. The molecule has 2 aromatic rings. The molecular weight excluding hydrogens is 238 g/mol. The van der Waals surface area contributed by atoms with Crippen molar-refractivity contribution < 1.29 is 4.74 Å². The van der Waals surface area contributed by atoms with E-state index < -0.39 is 0 Å². The molecule has 1 aliphatic rings. The third kappa shape index (κ3) is 2.84. The minimum Gasteiger partial charge on any atom is -0.475 e. The molecule has 0 bridgehead atoms. The van der Waals surface area contributed by atoms with Gasteiger partial charge >= 0.3 is 0 Å². The van der Waals surface area contributed by atoms with Crippen molar-refractivity contribution in [3.63, 3.8) is 0 Å². The van der Waals surface area contributed by atoms with Gasteiger partial charge in [-0.2, -0.15) is 0 Å². The Labute approximate surface area is 113 Å². The molecule has 1 aromatic carbocycles. The Bertz CT molecular complexity index is 564. The fourth-order valence-corrected chi connectivity index (χ4v) is 2.45. The van der Waals surface area contributed by atoms with Crippen LogP contribution in [0.1, 0.15) is 25.0 Å². The Morgan fingerprint density at radius 1 is 1.21 bits per heavy atom. The first-order valence-electron chi connectivity index (χ1n) is 6.92. The molecule has 0 radical (unpaired) electrons. The van der Waals surface area contributed by atoms with Crippen molar-refractivity contribution in [1.82, 2.24) is 15.3 Å². The minimum atomic E-state index is 0.446. The molecule has 1 unspecified atom stereocenters. The molecule has 1 saturated heterocycles. The normalized spacial score (nSPS) is 19.5. The second-order valence-electron chi connectivity index (χ2n) is 5.06. The van der Waals surface area contributed by atoms with E-state index in [1.165, 1.54) is 19.3 Å². The fourth-order valence-electron chi connectivity index (χ4n) is 2.45. The van der Waals surface area contributed by atoms with Crippen LogP contribution in [0.25, 0.3) is 11.0 Å². The number of nitrogens with one attached hydrogen (secondary N) is 1. The number of rotatable bonds is 3. The summed E-state index contributed by atoms with van der Waals surface area (Å²) in [7, 11) is 0. The molecule has 4 heteroatoms. The van der Waals surface area contributed by atoms with E-state index in [-0.39, 0.29) is 0 Å². The number of aromatic nitrogens is 2. The van der Waals surface area contributed by atoms with Crippen LogP contribution in [0, 0.1) is 6.92 Å². The highest BCUT2D eigenvalue weighted by Gasteiger charge is 2.14. The van der Waals surface area contributed by atoms with E-state index in [0.717, 1.165) is 23.3 Å². The summed E-state index contributed by atoms with van der Waals surface area (Å²) in [6, 6.07) is 8.33. The summed E-state index contributed by atoms with van der Waals surface area (Å²) in [6.07, 6.45) is 3.73. The summed E-state index contributed by atoms with van der Waals surface area (Å²) >= 11 is 0. The van der Waals surface area contributed by atoms with Gasteiger partial charge in [-0.15, -0.1) is 0 Å². The monoisotopic (exact) mass is 257 g/mol. The highest BCUT2D eigenvalue weighted by Crippen LogP contribution is 2.18. The van der Waals surface area contributed by atoms with Crippen LogP contribution in [-0.4, -0.2) is 29.2 Å². The number of hydrogen-bond donors (Lipinski definition) is 1. The lowest BCUT2D eigenvalue weighted by molar-refractivity contribution is 0.230. The molecular formula is C15H19N3O. The Morgan fingerprint density at radius 2 is 2.00 bits per heavy atom. The lowest BCUT2D eigenvalue weighted by Crippen LogP contribution is -2.38. The van der Waals surface area contributed by atoms with E-state index in [1.54, 1.807) is 0 Å². The van der Waals surface area contributed by atoms with Crippen LogP contribution in [-0.2, 0) is 0 Å². The molecule has 0 amide bonds. The van der Waals surface area contributed by atoms with Gasteiger partial charge in [-0.05, 0) is 38.4 Å². The Balaban J connectivity index is 1.74. The molecule has 0 saturated carbocycles. The number of piperidine rings is 1. The summed E-state index contributed by atoms with van der Waals surface area (Å²) in [5, 5.41) is 3.47. The second kappa shape index (κ2) is 5.53. The summed E-state index contributed by atoms with van der Waals surface area (Å²) in [6.45, 7) is 3.72. The number of aryl methyl sites for hydroxylation is 1. The standard InChI is InChI=1S/C15H19N3O/c1-11-15(19-10-12-6-4-5-9-16-12)18-14-8-3-2-7-13(14)17-11/h2-3,7-8,12,16H,4-6,9-10H2,1H3. The van der Waals surface area contributed by atoms with Crippen LogP contribution < -0.4 is 10.1 Å². The lowest BCUT2D eigenvalue weighted by Gasteiger charge is -2.23. The van der Waals surface area contributed by atoms with E-state index in [2.05, 4.69) is 15.3 Å². The topological polar surface area (TPSA) is 47.0 Å². The van der Waals surface area contributed by atoms with Gasteiger partial charge in [0.05, 0.1) is 11.0 Å². The van der Waals surface area contributed by atoms with Crippen LogP contribution in [0.3, 0.4) is 0 Å². The van der Waals surface area contributed by atoms with Crippen molar-refractivity contribution in [1.29, 1.82) is 0 Å². The van der Waals surface area contributed by atoms with Crippen LogP contribution in [0.15, 0.2) is 24.3 Å². The van der Waals surface area contributed by atoms with Gasteiger partial charge in [0, 0.05) is 6.04 Å². The molecule has 0 spiro atoms. The third-order valence-corrected chi connectivity index (χ3v) is 3.54. The zero-order valence-corrected chi connectivity index (χ0v) is 11.2. The van der Waals surface area contributed by atoms with Crippen molar-refractivity contribution >= 4 is 11.0 Å².